The van der Waals surface area contributed by atoms with Crippen molar-refractivity contribution in [3.05, 3.63) is 24.0 Å². The Labute approximate surface area is 117 Å². The molecule has 0 aliphatic carbocycles. The van der Waals surface area contributed by atoms with Gasteiger partial charge in [0.2, 0.25) is 0 Å². The van der Waals surface area contributed by atoms with Gasteiger partial charge in [-0.25, -0.2) is 0 Å². The highest BCUT2D eigenvalue weighted by Gasteiger charge is 2.51. The number of aromatic nitrogens is 1. The molecule has 1 fully saturated rings. The molecule has 0 N–H and O–H groups in total. The van der Waals surface area contributed by atoms with Crippen LogP contribution in [0.25, 0.3) is 0 Å². The molecule has 6 heteroatoms. The molecule has 1 aromatic rings. The third-order valence-corrected chi connectivity index (χ3v) is 3.29. The fourth-order valence-electron chi connectivity index (χ4n) is 2.55. The zero-order valence-corrected chi connectivity index (χ0v) is 11.7. The first-order chi connectivity index (χ1) is 9.46. The maximum Gasteiger partial charge on any atom is 0.302 e. The lowest BCUT2D eigenvalue weighted by atomic mass is 10.0. The van der Waals surface area contributed by atoms with E-state index in [1.54, 1.807) is 12.3 Å². The van der Waals surface area contributed by atoms with Gasteiger partial charge < -0.3 is 18.9 Å². The van der Waals surface area contributed by atoms with Gasteiger partial charge in [-0.15, -0.1) is 0 Å². The average molecular weight is 279 g/mol. The summed E-state index contributed by atoms with van der Waals surface area (Å²) in [4.78, 5) is 15.3. The van der Waals surface area contributed by atoms with Crippen LogP contribution in [0, 0.1) is 0 Å². The number of hydrogen-bond acceptors (Lipinski definition) is 6. The SMILES string of the molecule is CC(=O)OCC1Oc2cccnc2[C@H]2OC(C)(C)O[C@@H]12. The highest BCUT2D eigenvalue weighted by molar-refractivity contribution is 5.65. The van der Waals surface area contributed by atoms with Gasteiger partial charge in [-0.2, -0.15) is 0 Å². The van der Waals surface area contributed by atoms with Crippen LogP contribution in [0.2, 0.25) is 0 Å². The van der Waals surface area contributed by atoms with Gasteiger partial charge in [-0.3, -0.25) is 9.78 Å². The normalized spacial score (nSPS) is 30.1. The Kier molecular flexibility index (Phi) is 3.14. The summed E-state index contributed by atoms with van der Waals surface area (Å²) in [6, 6.07) is 3.62. The molecule has 2 aliphatic heterocycles. The Hall–Kier alpha value is -1.66. The van der Waals surface area contributed by atoms with Gasteiger partial charge in [0.25, 0.3) is 0 Å². The molecule has 1 aromatic heterocycles. The second-order valence-electron chi connectivity index (χ2n) is 5.37. The van der Waals surface area contributed by atoms with Crippen LogP contribution in [0.1, 0.15) is 32.6 Å². The largest absolute Gasteiger partial charge is 0.482 e. The summed E-state index contributed by atoms with van der Waals surface area (Å²) in [5, 5.41) is 0. The van der Waals surface area contributed by atoms with Crippen LogP contribution in [0.4, 0.5) is 0 Å². The maximum atomic E-state index is 11.0. The van der Waals surface area contributed by atoms with Gasteiger partial charge in [0, 0.05) is 13.1 Å². The van der Waals surface area contributed by atoms with Crippen LogP contribution in [0.15, 0.2) is 18.3 Å². The second kappa shape index (κ2) is 4.71. The molecule has 3 rings (SSSR count). The molecular formula is C14H17NO5. The molecule has 0 radical (unpaired) electrons. The molecule has 0 spiro atoms. The molecule has 3 heterocycles. The van der Waals surface area contributed by atoms with Gasteiger partial charge >= 0.3 is 5.97 Å². The molecule has 3 atom stereocenters. The maximum absolute atomic E-state index is 11.0. The quantitative estimate of drug-likeness (QED) is 0.766. The zero-order valence-electron chi connectivity index (χ0n) is 11.7. The van der Waals surface area contributed by atoms with Crippen LogP contribution in [-0.2, 0) is 19.0 Å². The average Bonchev–Trinajstić information content (AvgIpc) is 2.71. The minimum absolute atomic E-state index is 0.129. The Morgan fingerprint density at radius 1 is 1.45 bits per heavy atom. The Morgan fingerprint density at radius 3 is 3.00 bits per heavy atom. The second-order valence-corrected chi connectivity index (χ2v) is 5.37. The van der Waals surface area contributed by atoms with Crippen molar-refractivity contribution < 1.29 is 23.7 Å². The number of hydrogen-bond donors (Lipinski definition) is 0. The third kappa shape index (κ3) is 2.36. The van der Waals surface area contributed by atoms with Crippen LogP contribution in [-0.4, -0.2) is 35.6 Å². The molecule has 0 bridgehead atoms. The molecule has 0 saturated carbocycles. The molecule has 1 unspecified atom stereocenters. The van der Waals surface area contributed by atoms with Gasteiger partial charge in [-0.05, 0) is 26.0 Å². The molecule has 2 aliphatic rings. The molecule has 0 amide bonds. The molecule has 20 heavy (non-hydrogen) atoms. The summed E-state index contributed by atoms with van der Waals surface area (Å²) in [5.74, 6) is -0.417. The lowest BCUT2D eigenvalue weighted by molar-refractivity contribution is -0.158. The number of rotatable bonds is 2. The van der Waals surface area contributed by atoms with E-state index in [0.717, 1.165) is 5.69 Å². The minimum Gasteiger partial charge on any atom is -0.482 e. The predicted octanol–water partition coefficient (Wildman–Crippen LogP) is 1.60. The van der Waals surface area contributed by atoms with Crippen molar-refractivity contribution in [2.24, 2.45) is 0 Å². The lowest BCUT2D eigenvalue weighted by Crippen LogP contribution is -2.43. The number of esters is 1. The summed E-state index contributed by atoms with van der Waals surface area (Å²) in [7, 11) is 0. The fraction of sp³-hybridized carbons (Fsp3) is 0.571. The van der Waals surface area contributed by atoms with Gasteiger partial charge in [-0.1, -0.05) is 0 Å². The van der Waals surface area contributed by atoms with E-state index in [2.05, 4.69) is 4.98 Å². The van der Waals surface area contributed by atoms with E-state index in [1.165, 1.54) is 6.92 Å². The number of nitrogens with zero attached hydrogens (tertiary/aromatic N) is 1. The van der Waals surface area contributed by atoms with Crippen molar-refractivity contribution in [2.45, 2.75) is 44.9 Å². The lowest BCUT2D eigenvalue weighted by Gasteiger charge is -2.32. The summed E-state index contributed by atoms with van der Waals surface area (Å²) in [5.41, 5.74) is 0.724. The van der Waals surface area contributed by atoms with E-state index < -0.39 is 11.9 Å². The highest BCUT2D eigenvalue weighted by atomic mass is 16.8. The van der Waals surface area contributed by atoms with Crippen molar-refractivity contribution >= 4 is 5.97 Å². The zero-order chi connectivity index (χ0) is 14.3. The van der Waals surface area contributed by atoms with Crippen LogP contribution < -0.4 is 4.74 Å². The number of fused-ring (bicyclic) bond motifs is 3. The van der Waals surface area contributed by atoms with E-state index in [4.69, 9.17) is 18.9 Å². The van der Waals surface area contributed by atoms with Gasteiger partial charge in [0.15, 0.2) is 11.9 Å². The number of carbonyl (C=O) groups excluding carboxylic acids is 1. The highest BCUT2D eigenvalue weighted by Crippen LogP contribution is 2.45. The molecular weight excluding hydrogens is 262 g/mol. The van der Waals surface area contributed by atoms with Crippen LogP contribution in [0.3, 0.4) is 0 Å². The van der Waals surface area contributed by atoms with Gasteiger partial charge in [0.1, 0.15) is 30.3 Å². The summed E-state index contributed by atoms with van der Waals surface area (Å²) in [6.07, 6.45) is 0.644. The molecule has 0 aromatic carbocycles. The first-order valence-corrected chi connectivity index (χ1v) is 6.57. The van der Waals surface area contributed by atoms with Crippen molar-refractivity contribution in [1.82, 2.24) is 4.98 Å². The van der Waals surface area contributed by atoms with E-state index in [1.807, 2.05) is 19.9 Å². The van der Waals surface area contributed by atoms with Crippen LogP contribution in [0.5, 0.6) is 5.75 Å². The Bertz CT molecular complexity index is 530. The smallest absolute Gasteiger partial charge is 0.302 e. The van der Waals surface area contributed by atoms with E-state index in [9.17, 15) is 4.79 Å². The molecule has 6 nitrogen and oxygen atoms in total. The standard InChI is InChI=1S/C14H17NO5/c1-8(16)17-7-10-12-13(20-14(2,3)19-12)11-9(18-10)5-4-6-15-11/h4-6,10,12-13H,7H2,1-3H3/t10?,12-,13+/m0/s1. The van der Waals surface area contributed by atoms with Gasteiger partial charge in [0.05, 0.1) is 0 Å². The summed E-state index contributed by atoms with van der Waals surface area (Å²) >= 11 is 0. The minimum atomic E-state index is -0.716. The molecule has 1 saturated heterocycles. The first-order valence-electron chi connectivity index (χ1n) is 6.57. The molecule has 108 valence electrons. The van der Waals surface area contributed by atoms with Crippen molar-refractivity contribution in [1.29, 1.82) is 0 Å². The number of ether oxygens (including phenoxy) is 4. The van der Waals surface area contributed by atoms with E-state index >= 15 is 0 Å². The number of carbonyl (C=O) groups is 1. The van der Waals surface area contributed by atoms with Crippen LogP contribution >= 0.6 is 0 Å². The Morgan fingerprint density at radius 2 is 2.25 bits per heavy atom. The van der Waals surface area contributed by atoms with E-state index in [0.29, 0.717) is 5.75 Å². The first kappa shape index (κ1) is 13.3. The summed E-state index contributed by atoms with van der Waals surface area (Å²) < 4.78 is 22.7. The summed E-state index contributed by atoms with van der Waals surface area (Å²) in [6.45, 7) is 5.18. The van der Waals surface area contributed by atoms with Crippen molar-refractivity contribution in [3.63, 3.8) is 0 Å². The topological polar surface area (TPSA) is 66.9 Å². The Balaban J connectivity index is 1.90. The predicted molar refractivity (Wildman–Crippen MR) is 68.1 cm³/mol. The fourth-order valence-corrected chi connectivity index (χ4v) is 2.55. The third-order valence-electron chi connectivity index (χ3n) is 3.29. The van der Waals surface area contributed by atoms with Crippen molar-refractivity contribution in [2.75, 3.05) is 6.61 Å². The monoisotopic (exact) mass is 279 g/mol. The number of pyridine rings is 1. The van der Waals surface area contributed by atoms with Crippen molar-refractivity contribution in [3.8, 4) is 5.75 Å². The van der Waals surface area contributed by atoms with E-state index in [-0.39, 0.29) is 24.8 Å².